The van der Waals surface area contributed by atoms with E-state index in [0.29, 0.717) is 12.8 Å². The zero-order valence-corrected chi connectivity index (χ0v) is 11.3. The summed E-state index contributed by atoms with van der Waals surface area (Å²) in [6.45, 7) is 0. The van der Waals surface area contributed by atoms with E-state index >= 15 is 0 Å². The van der Waals surface area contributed by atoms with Gasteiger partial charge in [0.25, 0.3) is 11.7 Å². The molecule has 0 heterocycles. The van der Waals surface area contributed by atoms with Gasteiger partial charge >= 0.3 is 5.97 Å². The average Bonchev–Trinajstić information content (AvgIpc) is 2.33. The second kappa shape index (κ2) is 5.78. The third kappa shape index (κ3) is 2.92. The second-order valence-electron chi connectivity index (χ2n) is 4.57. The van der Waals surface area contributed by atoms with Gasteiger partial charge < -0.3 is 10.4 Å². The van der Waals surface area contributed by atoms with Crippen LogP contribution in [0.3, 0.4) is 0 Å². The highest BCUT2D eigenvalue weighted by molar-refractivity contribution is 7.99. The Kier molecular flexibility index (Phi) is 4.27. The van der Waals surface area contributed by atoms with Crippen molar-refractivity contribution in [2.45, 2.75) is 35.5 Å². The van der Waals surface area contributed by atoms with Crippen LogP contribution in [0.15, 0.2) is 29.2 Å². The van der Waals surface area contributed by atoms with Gasteiger partial charge in [-0.05, 0) is 31.4 Å². The molecule has 0 radical (unpaired) electrons. The van der Waals surface area contributed by atoms with Gasteiger partial charge in [0.15, 0.2) is 0 Å². The van der Waals surface area contributed by atoms with Crippen molar-refractivity contribution in [2.24, 2.45) is 0 Å². The maximum Gasteiger partial charge on any atom is 0.329 e. The Balaban J connectivity index is 2.19. The third-order valence-corrected chi connectivity index (χ3v) is 4.11. The highest BCUT2D eigenvalue weighted by Gasteiger charge is 2.45. The van der Waals surface area contributed by atoms with Crippen LogP contribution in [-0.4, -0.2) is 28.3 Å². The number of rotatable bonds is 5. The molecule has 0 atom stereocenters. The standard InChI is InChI=1S/C13H13F2NO3S/c14-12(15)20-9-5-2-1-4-8(9)10(17)16-13(11(18)19)6-3-7-13/h1-2,4-5,12H,3,6-7H2,(H,16,17)(H,18,19). The molecule has 0 saturated heterocycles. The minimum absolute atomic E-state index is 0.0744. The first-order valence-corrected chi connectivity index (χ1v) is 6.92. The van der Waals surface area contributed by atoms with Gasteiger partial charge in [-0.1, -0.05) is 23.9 Å². The molecule has 2 N–H and O–H groups in total. The van der Waals surface area contributed by atoms with Crippen LogP contribution in [0.2, 0.25) is 0 Å². The first-order chi connectivity index (χ1) is 9.44. The number of carbonyl (C=O) groups excluding carboxylic acids is 1. The zero-order chi connectivity index (χ0) is 14.8. The molecule has 7 heteroatoms. The van der Waals surface area contributed by atoms with Gasteiger partial charge in [0.05, 0.1) is 5.56 Å². The van der Waals surface area contributed by atoms with E-state index in [1.807, 2.05) is 0 Å². The van der Waals surface area contributed by atoms with Crippen LogP contribution < -0.4 is 5.32 Å². The van der Waals surface area contributed by atoms with Crippen LogP contribution in [0, 0.1) is 0 Å². The Labute approximate surface area is 118 Å². The summed E-state index contributed by atoms with van der Waals surface area (Å²) in [4.78, 5) is 23.5. The van der Waals surface area contributed by atoms with Crippen molar-refractivity contribution in [1.29, 1.82) is 0 Å². The molecule has 0 aromatic heterocycles. The predicted molar refractivity (Wildman–Crippen MR) is 70.0 cm³/mol. The van der Waals surface area contributed by atoms with Gasteiger partial charge in [-0.2, -0.15) is 8.78 Å². The zero-order valence-electron chi connectivity index (χ0n) is 10.4. The molecule has 1 aromatic carbocycles. The average molecular weight is 301 g/mol. The van der Waals surface area contributed by atoms with Crippen molar-refractivity contribution >= 4 is 23.6 Å². The number of alkyl halides is 2. The Bertz CT molecular complexity index is 532. The van der Waals surface area contributed by atoms with Crippen LogP contribution in [0.5, 0.6) is 0 Å². The molecule has 1 saturated carbocycles. The number of halogens is 2. The summed E-state index contributed by atoms with van der Waals surface area (Å²) >= 11 is 0.272. The van der Waals surface area contributed by atoms with Gasteiger partial charge in [-0.25, -0.2) is 4.79 Å². The summed E-state index contributed by atoms with van der Waals surface area (Å²) in [6, 6.07) is 5.94. The summed E-state index contributed by atoms with van der Waals surface area (Å²) in [5.74, 6) is -4.35. The van der Waals surface area contributed by atoms with Gasteiger partial charge in [-0.15, -0.1) is 0 Å². The normalized spacial score (nSPS) is 16.6. The van der Waals surface area contributed by atoms with Crippen molar-refractivity contribution in [3.05, 3.63) is 29.8 Å². The first kappa shape index (κ1) is 14.8. The molecule has 0 spiro atoms. The number of carboxylic acids is 1. The van der Waals surface area contributed by atoms with Crippen LogP contribution in [0.1, 0.15) is 29.6 Å². The SMILES string of the molecule is O=C(NC1(C(=O)O)CCC1)c1ccccc1SC(F)F. The van der Waals surface area contributed by atoms with E-state index < -0.39 is 23.2 Å². The summed E-state index contributed by atoms with van der Waals surface area (Å²) in [7, 11) is 0. The largest absolute Gasteiger partial charge is 0.480 e. The number of carboxylic acid groups (broad SMARTS) is 1. The lowest BCUT2D eigenvalue weighted by Crippen LogP contribution is -2.59. The molecule has 1 amide bonds. The lowest BCUT2D eigenvalue weighted by molar-refractivity contribution is -0.148. The van der Waals surface area contributed by atoms with E-state index in [9.17, 15) is 18.4 Å². The molecule has 0 bridgehead atoms. The minimum atomic E-state index is -2.64. The number of hydrogen-bond donors (Lipinski definition) is 2. The Morgan fingerprint density at radius 3 is 2.45 bits per heavy atom. The van der Waals surface area contributed by atoms with Crippen LogP contribution in [0.4, 0.5) is 8.78 Å². The monoisotopic (exact) mass is 301 g/mol. The molecule has 1 aliphatic carbocycles. The van der Waals surface area contributed by atoms with Crippen molar-refractivity contribution in [3.63, 3.8) is 0 Å². The molecule has 1 aromatic rings. The topological polar surface area (TPSA) is 66.4 Å². The predicted octanol–water partition coefficient (Wildman–Crippen LogP) is 2.74. The summed E-state index contributed by atoms with van der Waals surface area (Å²) < 4.78 is 24.9. The van der Waals surface area contributed by atoms with Crippen molar-refractivity contribution in [2.75, 3.05) is 0 Å². The van der Waals surface area contributed by atoms with Crippen molar-refractivity contribution in [1.82, 2.24) is 5.32 Å². The Morgan fingerprint density at radius 1 is 1.30 bits per heavy atom. The maximum atomic E-state index is 12.4. The van der Waals surface area contributed by atoms with Crippen LogP contribution >= 0.6 is 11.8 Å². The van der Waals surface area contributed by atoms with Crippen LogP contribution in [0.25, 0.3) is 0 Å². The molecule has 1 fully saturated rings. The number of carbonyl (C=O) groups is 2. The summed E-state index contributed by atoms with van der Waals surface area (Å²) in [6.07, 6.45) is 1.44. The van der Waals surface area contributed by atoms with Gasteiger partial charge in [0.2, 0.25) is 0 Å². The number of thioether (sulfide) groups is 1. The number of aliphatic carboxylic acids is 1. The van der Waals surface area contributed by atoms with E-state index in [1.54, 1.807) is 12.1 Å². The number of amides is 1. The first-order valence-electron chi connectivity index (χ1n) is 6.04. The molecular weight excluding hydrogens is 288 g/mol. The molecule has 0 aliphatic heterocycles. The van der Waals surface area contributed by atoms with Crippen molar-refractivity contribution in [3.8, 4) is 0 Å². The molecule has 1 aliphatic rings. The number of benzene rings is 1. The molecule has 4 nitrogen and oxygen atoms in total. The minimum Gasteiger partial charge on any atom is -0.480 e. The fourth-order valence-corrected chi connectivity index (χ4v) is 2.70. The molecule has 20 heavy (non-hydrogen) atoms. The van der Waals surface area contributed by atoms with Crippen LogP contribution in [-0.2, 0) is 4.79 Å². The molecule has 108 valence electrons. The highest BCUT2D eigenvalue weighted by Crippen LogP contribution is 2.33. The smallest absolute Gasteiger partial charge is 0.329 e. The molecular formula is C13H13F2NO3S. The lowest BCUT2D eigenvalue weighted by atomic mass is 9.76. The summed E-state index contributed by atoms with van der Waals surface area (Å²) in [5.41, 5.74) is -1.18. The molecule has 2 rings (SSSR count). The second-order valence-corrected chi connectivity index (χ2v) is 5.60. The van der Waals surface area contributed by atoms with E-state index in [2.05, 4.69) is 5.32 Å². The van der Waals surface area contributed by atoms with E-state index in [-0.39, 0.29) is 22.2 Å². The van der Waals surface area contributed by atoms with E-state index in [0.717, 1.165) is 6.42 Å². The Morgan fingerprint density at radius 2 is 1.95 bits per heavy atom. The number of nitrogens with one attached hydrogen (secondary N) is 1. The maximum absolute atomic E-state index is 12.4. The van der Waals surface area contributed by atoms with Gasteiger partial charge in [-0.3, -0.25) is 4.79 Å². The quantitative estimate of drug-likeness (QED) is 0.821. The van der Waals surface area contributed by atoms with E-state index in [4.69, 9.17) is 5.11 Å². The third-order valence-electron chi connectivity index (χ3n) is 3.32. The molecule has 0 unspecified atom stereocenters. The highest BCUT2D eigenvalue weighted by atomic mass is 32.2. The van der Waals surface area contributed by atoms with Gasteiger partial charge in [0, 0.05) is 4.90 Å². The van der Waals surface area contributed by atoms with Crippen molar-refractivity contribution < 1.29 is 23.5 Å². The lowest BCUT2D eigenvalue weighted by Gasteiger charge is -2.38. The Hall–Kier alpha value is -1.63. The fraction of sp³-hybridized carbons (Fsp3) is 0.385. The van der Waals surface area contributed by atoms with Gasteiger partial charge in [0.1, 0.15) is 5.54 Å². The van der Waals surface area contributed by atoms with E-state index in [1.165, 1.54) is 12.1 Å². The number of hydrogen-bond acceptors (Lipinski definition) is 3. The fourth-order valence-electron chi connectivity index (χ4n) is 2.06. The summed E-state index contributed by atoms with van der Waals surface area (Å²) in [5, 5.41) is 11.6.